The second-order valence-electron chi connectivity index (χ2n) is 2.17. The van der Waals surface area contributed by atoms with Crippen molar-refractivity contribution in [1.82, 2.24) is 5.32 Å². The fourth-order valence-electron chi connectivity index (χ4n) is 0.794. The van der Waals surface area contributed by atoms with Crippen molar-refractivity contribution in [3.63, 3.8) is 0 Å². The van der Waals surface area contributed by atoms with Crippen LogP contribution in [-0.4, -0.2) is 13.6 Å². The van der Waals surface area contributed by atoms with Gasteiger partial charge in [0.15, 0.2) is 0 Å². The van der Waals surface area contributed by atoms with Crippen molar-refractivity contribution >= 4 is 0 Å². The molecule has 0 aliphatic rings. The SMILES string of the molecule is CNCCc1c#cccc1. The van der Waals surface area contributed by atoms with Crippen molar-refractivity contribution in [2.75, 3.05) is 13.6 Å². The van der Waals surface area contributed by atoms with Crippen LogP contribution in [0.4, 0.5) is 0 Å². The number of likely N-dealkylation sites (N-methyl/N-ethyl adjacent to an activating group) is 1. The Bertz CT molecular complexity index is 169. The molecule has 0 aromatic heterocycles. The Morgan fingerprint density at radius 3 is 3.10 bits per heavy atom. The van der Waals surface area contributed by atoms with Crippen LogP contribution >= 0.6 is 0 Å². The normalized spacial score (nSPS) is 8.90. The second kappa shape index (κ2) is 3.92. The molecule has 10 heavy (non-hydrogen) atoms. The van der Waals surface area contributed by atoms with E-state index in [0.717, 1.165) is 13.0 Å². The van der Waals surface area contributed by atoms with Crippen LogP contribution in [0.2, 0.25) is 0 Å². The summed E-state index contributed by atoms with van der Waals surface area (Å²) < 4.78 is 0. The smallest absolute Gasteiger partial charge is 0.00366 e. The number of hydrogen-bond acceptors (Lipinski definition) is 1. The Hall–Kier alpha value is -1.00. The van der Waals surface area contributed by atoms with Gasteiger partial charge in [-0.2, -0.15) is 0 Å². The minimum atomic E-state index is 1.01. The van der Waals surface area contributed by atoms with Gasteiger partial charge in [-0.15, -0.1) is 0 Å². The quantitative estimate of drug-likeness (QED) is 0.650. The minimum absolute atomic E-state index is 1.01. The first-order valence-corrected chi connectivity index (χ1v) is 3.45. The van der Waals surface area contributed by atoms with E-state index in [1.165, 1.54) is 5.56 Å². The molecule has 0 aliphatic carbocycles. The topological polar surface area (TPSA) is 12.0 Å². The average Bonchev–Trinajstić information content (AvgIpc) is 2.03. The molecule has 52 valence electrons. The third kappa shape index (κ3) is 2.08. The van der Waals surface area contributed by atoms with Crippen LogP contribution in [0.15, 0.2) is 18.2 Å². The molecule has 0 saturated heterocycles. The molecule has 1 rings (SSSR count). The zero-order valence-electron chi connectivity index (χ0n) is 6.15. The number of nitrogens with one attached hydrogen (secondary N) is 1. The predicted molar refractivity (Wildman–Crippen MR) is 41.7 cm³/mol. The molecule has 0 radical (unpaired) electrons. The zero-order valence-corrected chi connectivity index (χ0v) is 6.15. The van der Waals surface area contributed by atoms with Crippen LogP contribution in [0, 0.1) is 12.1 Å². The van der Waals surface area contributed by atoms with Crippen molar-refractivity contribution in [2.24, 2.45) is 0 Å². The first-order chi connectivity index (χ1) is 4.93. The van der Waals surface area contributed by atoms with E-state index in [2.05, 4.69) is 23.5 Å². The third-order valence-corrected chi connectivity index (χ3v) is 1.35. The fourth-order valence-corrected chi connectivity index (χ4v) is 0.794. The van der Waals surface area contributed by atoms with E-state index in [9.17, 15) is 0 Å². The standard InChI is InChI=1S/C9H11N/c1-10-8-7-9-5-3-2-4-6-9/h2-3,5,10H,7-8H2,1H3. The molecule has 0 saturated carbocycles. The lowest BCUT2D eigenvalue weighted by atomic mass is 10.2. The van der Waals surface area contributed by atoms with Gasteiger partial charge in [0.05, 0.1) is 0 Å². The van der Waals surface area contributed by atoms with Gasteiger partial charge in [0.2, 0.25) is 0 Å². The lowest BCUT2D eigenvalue weighted by molar-refractivity contribution is 0.792. The van der Waals surface area contributed by atoms with E-state index in [1.807, 2.05) is 19.2 Å². The molecular formula is C9H11N. The molecule has 0 atom stereocenters. The van der Waals surface area contributed by atoms with Gasteiger partial charge in [0.1, 0.15) is 0 Å². The highest BCUT2D eigenvalue weighted by Gasteiger charge is 1.86. The predicted octanol–water partition coefficient (Wildman–Crippen LogP) is 1.05. The van der Waals surface area contributed by atoms with Crippen LogP contribution in [0.5, 0.6) is 0 Å². The summed E-state index contributed by atoms with van der Waals surface area (Å²) in [6.07, 6.45) is 1.04. The molecule has 0 aliphatic heterocycles. The molecule has 0 bridgehead atoms. The van der Waals surface area contributed by atoms with Crippen LogP contribution in [0.1, 0.15) is 5.56 Å². The van der Waals surface area contributed by atoms with Gasteiger partial charge in [0.25, 0.3) is 0 Å². The summed E-state index contributed by atoms with van der Waals surface area (Å²) in [4.78, 5) is 0. The van der Waals surface area contributed by atoms with E-state index in [1.54, 1.807) is 0 Å². The lowest BCUT2D eigenvalue weighted by Gasteiger charge is -1.94. The van der Waals surface area contributed by atoms with Crippen LogP contribution < -0.4 is 5.32 Å². The molecular weight excluding hydrogens is 122 g/mol. The van der Waals surface area contributed by atoms with E-state index in [-0.39, 0.29) is 0 Å². The van der Waals surface area contributed by atoms with E-state index >= 15 is 0 Å². The van der Waals surface area contributed by atoms with E-state index in [0.29, 0.717) is 0 Å². The summed E-state index contributed by atoms with van der Waals surface area (Å²) in [6.45, 7) is 1.01. The molecule has 1 aromatic carbocycles. The molecule has 0 amide bonds. The van der Waals surface area contributed by atoms with Crippen molar-refractivity contribution in [3.05, 3.63) is 35.9 Å². The highest BCUT2D eigenvalue weighted by atomic mass is 14.8. The zero-order chi connectivity index (χ0) is 7.23. The van der Waals surface area contributed by atoms with Gasteiger partial charge >= 0.3 is 0 Å². The van der Waals surface area contributed by atoms with Crippen molar-refractivity contribution in [2.45, 2.75) is 6.42 Å². The van der Waals surface area contributed by atoms with Gasteiger partial charge in [0, 0.05) is 5.56 Å². The Morgan fingerprint density at radius 2 is 2.50 bits per heavy atom. The second-order valence-corrected chi connectivity index (χ2v) is 2.17. The fraction of sp³-hybridized carbons (Fsp3) is 0.333. The Kier molecular flexibility index (Phi) is 2.79. The summed E-state index contributed by atoms with van der Waals surface area (Å²) in [7, 11) is 1.95. The number of hydrogen-bond donors (Lipinski definition) is 1. The van der Waals surface area contributed by atoms with Crippen molar-refractivity contribution < 1.29 is 0 Å². The molecule has 1 heteroatoms. The van der Waals surface area contributed by atoms with Crippen molar-refractivity contribution in [1.29, 1.82) is 0 Å². The summed E-state index contributed by atoms with van der Waals surface area (Å²) in [5, 5.41) is 3.08. The molecule has 1 nitrogen and oxygen atoms in total. The van der Waals surface area contributed by atoms with Gasteiger partial charge in [-0.1, -0.05) is 18.2 Å². The molecule has 0 unspecified atom stereocenters. The van der Waals surface area contributed by atoms with Gasteiger partial charge in [-0.05, 0) is 32.1 Å². The third-order valence-electron chi connectivity index (χ3n) is 1.35. The summed E-state index contributed by atoms with van der Waals surface area (Å²) in [5.74, 6) is 0. The van der Waals surface area contributed by atoms with Gasteiger partial charge < -0.3 is 5.32 Å². The summed E-state index contributed by atoms with van der Waals surface area (Å²) in [5.41, 5.74) is 1.22. The maximum absolute atomic E-state index is 3.08. The lowest BCUT2D eigenvalue weighted by Crippen LogP contribution is -2.09. The summed E-state index contributed by atoms with van der Waals surface area (Å²) in [6, 6.07) is 11.9. The van der Waals surface area contributed by atoms with Gasteiger partial charge in [-0.25, -0.2) is 0 Å². The van der Waals surface area contributed by atoms with Crippen LogP contribution in [0.25, 0.3) is 0 Å². The summed E-state index contributed by atoms with van der Waals surface area (Å²) >= 11 is 0. The molecule has 0 spiro atoms. The highest BCUT2D eigenvalue weighted by Crippen LogP contribution is 1.92. The highest BCUT2D eigenvalue weighted by molar-refractivity contribution is 5.07. The molecule has 1 N–H and O–H groups in total. The van der Waals surface area contributed by atoms with Gasteiger partial charge in [-0.3, -0.25) is 0 Å². The largest absolute Gasteiger partial charge is 0.319 e. The maximum Gasteiger partial charge on any atom is 0.00366 e. The maximum atomic E-state index is 3.08. The first-order valence-electron chi connectivity index (χ1n) is 3.45. The van der Waals surface area contributed by atoms with E-state index < -0.39 is 0 Å². The Labute approximate surface area is 62.1 Å². The van der Waals surface area contributed by atoms with Crippen molar-refractivity contribution in [3.8, 4) is 0 Å². The molecule has 0 fully saturated rings. The monoisotopic (exact) mass is 133 g/mol. The van der Waals surface area contributed by atoms with E-state index in [4.69, 9.17) is 0 Å². The Balaban J connectivity index is 2.43. The van der Waals surface area contributed by atoms with Crippen LogP contribution in [0.3, 0.4) is 0 Å². The number of rotatable bonds is 3. The Morgan fingerprint density at radius 1 is 1.60 bits per heavy atom. The molecule has 1 aromatic rings. The average molecular weight is 133 g/mol. The molecule has 0 heterocycles. The van der Waals surface area contributed by atoms with Crippen LogP contribution in [-0.2, 0) is 6.42 Å². The first kappa shape index (κ1) is 7.11. The minimum Gasteiger partial charge on any atom is -0.319 e.